The van der Waals surface area contributed by atoms with Gasteiger partial charge in [-0.05, 0) is 17.9 Å². The minimum absolute atomic E-state index is 0.290. The zero-order chi connectivity index (χ0) is 17.4. The van der Waals surface area contributed by atoms with Crippen LogP contribution in [0.4, 0.5) is 0 Å². The monoisotopic (exact) mass is 320 g/mol. The summed E-state index contributed by atoms with van der Waals surface area (Å²) < 4.78 is 4.44. The fourth-order valence-electron chi connectivity index (χ4n) is 2.67. The number of ether oxygens (including phenoxy) is 1. The molecule has 1 rings (SSSR count). The molecule has 0 saturated heterocycles. The minimum atomic E-state index is -1.28. The highest BCUT2D eigenvalue weighted by Gasteiger charge is 2.32. The Bertz CT molecular complexity index is 543. The molecule has 0 aliphatic heterocycles. The fourth-order valence-corrected chi connectivity index (χ4v) is 2.67. The number of methoxy groups -OCH3 is 1. The van der Waals surface area contributed by atoms with Gasteiger partial charge in [-0.15, -0.1) is 0 Å². The molecule has 0 spiro atoms. The van der Waals surface area contributed by atoms with Crippen LogP contribution in [0, 0.1) is 11.8 Å². The number of amides is 1. The number of carbonyl (C=O) groups is 3. The van der Waals surface area contributed by atoms with Crippen LogP contribution in [-0.4, -0.2) is 31.5 Å². The van der Waals surface area contributed by atoms with Crippen molar-refractivity contribution in [2.45, 2.75) is 26.2 Å². The smallest absolute Gasteiger partial charge is 0.325 e. The molecule has 1 N–H and O–H groups in total. The minimum Gasteiger partial charge on any atom is -0.550 e. The van der Waals surface area contributed by atoms with E-state index in [2.05, 4.69) is 10.1 Å². The average molecular weight is 320 g/mol. The van der Waals surface area contributed by atoms with Crippen molar-refractivity contribution in [1.82, 2.24) is 5.32 Å². The standard InChI is InChI=1S/C17H23NO5/c1-4-13(12-8-6-5-7-9-12)15(17(21)22)11(2)16(20)18-10-14(19)23-3/h5-9,11,13,15H,4,10H2,1-3H3,(H,18,20)(H,21,22)/p-1. The average Bonchev–Trinajstić information content (AvgIpc) is 2.56. The van der Waals surface area contributed by atoms with E-state index in [0.717, 1.165) is 5.56 Å². The van der Waals surface area contributed by atoms with Gasteiger partial charge in [0, 0.05) is 17.8 Å². The van der Waals surface area contributed by atoms with Crippen LogP contribution >= 0.6 is 0 Å². The van der Waals surface area contributed by atoms with E-state index in [-0.39, 0.29) is 12.5 Å². The van der Waals surface area contributed by atoms with Crippen LogP contribution in [0.3, 0.4) is 0 Å². The number of esters is 1. The third-order valence-corrected chi connectivity index (χ3v) is 3.96. The summed E-state index contributed by atoms with van der Waals surface area (Å²) in [6, 6.07) is 9.17. The molecule has 126 valence electrons. The zero-order valence-electron chi connectivity index (χ0n) is 13.6. The maximum absolute atomic E-state index is 12.2. The van der Waals surface area contributed by atoms with Crippen LogP contribution in [0.15, 0.2) is 30.3 Å². The molecule has 1 aromatic rings. The Balaban J connectivity index is 2.93. The predicted octanol–water partition coefficient (Wildman–Crippen LogP) is 0.472. The Hall–Kier alpha value is -2.37. The molecule has 1 amide bonds. The second-order valence-electron chi connectivity index (χ2n) is 5.35. The lowest BCUT2D eigenvalue weighted by Crippen LogP contribution is -2.45. The van der Waals surface area contributed by atoms with Gasteiger partial charge in [0.05, 0.1) is 7.11 Å². The first-order valence-corrected chi connectivity index (χ1v) is 7.52. The van der Waals surface area contributed by atoms with Crippen molar-refractivity contribution in [3.63, 3.8) is 0 Å². The van der Waals surface area contributed by atoms with Gasteiger partial charge >= 0.3 is 5.97 Å². The molecule has 3 unspecified atom stereocenters. The van der Waals surface area contributed by atoms with Gasteiger partial charge in [-0.25, -0.2) is 0 Å². The van der Waals surface area contributed by atoms with E-state index in [1.807, 2.05) is 37.3 Å². The van der Waals surface area contributed by atoms with Crippen LogP contribution in [0.5, 0.6) is 0 Å². The molecular weight excluding hydrogens is 298 g/mol. The molecular formula is C17H22NO5-. The van der Waals surface area contributed by atoms with E-state index in [1.165, 1.54) is 14.0 Å². The third kappa shape index (κ3) is 5.09. The van der Waals surface area contributed by atoms with Crippen molar-refractivity contribution < 1.29 is 24.2 Å². The summed E-state index contributed by atoms with van der Waals surface area (Å²) in [5.41, 5.74) is 0.844. The number of carboxylic acid groups (broad SMARTS) is 1. The number of hydrogen-bond donors (Lipinski definition) is 1. The maximum Gasteiger partial charge on any atom is 0.325 e. The lowest BCUT2D eigenvalue weighted by Gasteiger charge is -2.31. The summed E-state index contributed by atoms with van der Waals surface area (Å²) >= 11 is 0. The van der Waals surface area contributed by atoms with Crippen molar-refractivity contribution >= 4 is 17.8 Å². The largest absolute Gasteiger partial charge is 0.550 e. The van der Waals surface area contributed by atoms with Gasteiger partial charge in [0.2, 0.25) is 5.91 Å². The van der Waals surface area contributed by atoms with Crippen LogP contribution < -0.4 is 10.4 Å². The Morgan fingerprint density at radius 2 is 1.83 bits per heavy atom. The maximum atomic E-state index is 12.2. The molecule has 0 radical (unpaired) electrons. The molecule has 1 aromatic carbocycles. The number of carboxylic acids is 1. The van der Waals surface area contributed by atoms with Gasteiger partial charge < -0.3 is 20.0 Å². The quantitative estimate of drug-likeness (QED) is 0.703. The summed E-state index contributed by atoms with van der Waals surface area (Å²) in [4.78, 5) is 34.9. The SMILES string of the molecule is CCC(c1ccccc1)C(C(=O)[O-])C(C)C(=O)NCC(=O)OC. The molecule has 6 nitrogen and oxygen atoms in total. The van der Waals surface area contributed by atoms with Gasteiger partial charge in [-0.1, -0.05) is 44.2 Å². The molecule has 0 aliphatic carbocycles. The van der Waals surface area contributed by atoms with Crippen LogP contribution in [0.2, 0.25) is 0 Å². The van der Waals surface area contributed by atoms with Crippen molar-refractivity contribution in [1.29, 1.82) is 0 Å². The number of benzene rings is 1. The van der Waals surface area contributed by atoms with E-state index in [9.17, 15) is 19.5 Å². The molecule has 0 saturated carbocycles. The summed E-state index contributed by atoms with van der Waals surface area (Å²) in [5.74, 6) is -4.55. The number of rotatable bonds is 8. The van der Waals surface area contributed by atoms with Gasteiger partial charge in [-0.3, -0.25) is 9.59 Å². The molecule has 0 aromatic heterocycles. The van der Waals surface area contributed by atoms with Crippen molar-refractivity contribution in [2.24, 2.45) is 11.8 Å². The first-order valence-electron chi connectivity index (χ1n) is 7.52. The summed E-state index contributed by atoms with van der Waals surface area (Å²) in [5, 5.41) is 14.0. The molecule has 23 heavy (non-hydrogen) atoms. The highest BCUT2D eigenvalue weighted by Crippen LogP contribution is 2.33. The molecule has 6 heteroatoms. The Kier molecular flexibility index (Phi) is 7.25. The van der Waals surface area contributed by atoms with E-state index in [1.54, 1.807) is 0 Å². The third-order valence-electron chi connectivity index (χ3n) is 3.96. The Morgan fingerprint density at radius 1 is 1.22 bits per heavy atom. The van der Waals surface area contributed by atoms with Gasteiger partial charge in [0.15, 0.2) is 0 Å². The van der Waals surface area contributed by atoms with Crippen LogP contribution in [0.25, 0.3) is 0 Å². The lowest BCUT2D eigenvalue weighted by atomic mass is 9.76. The number of carbonyl (C=O) groups excluding carboxylic acids is 3. The van der Waals surface area contributed by atoms with E-state index in [4.69, 9.17) is 0 Å². The van der Waals surface area contributed by atoms with Gasteiger partial charge in [0.25, 0.3) is 0 Å². The van der Waals surface area contributed by atoms with Crippen molar-refractivity contribution in [3.05, 3.63) is 35.9 Å². The summed E-state index contributed by atoms with van der Waals surface area (Å²) in [6.45, 7) is 3.10. The highest BCUT2D eigenvalue weighted by atomic mass is 16.5. The molecule has 0 aliphatic rings. The van der Waals surface area contributed by atoms with Crippen molar-refractivity contribution in [3.8, 4) is 0 Å². The normalized spacial score (nSPS) is 14.4. The van der Waals surface area contributed by atoms with Crippen LogP contribution in [-0.2, 0) is 19.1 Å². The van der Waals surface area contributed by atoms with E-state index >= 15 is 0 Å². The fraction of sp³-hybridized carbons (Fsp3) is 0.471. The van der Waals surface area contributed by atoms with Crippen molar-refractivity contribution in [2.75, 3.05) is 13.7 Å². The molecule has 0 fully saturated rings. The lowest BCUT2D eigenvalue weighted by molar-refractivity contribution is -0.313. The number of nitrogens with one attached hydrogen (secondary N) is 1. The van der Waals surface area contributed by atoms with Gasteiger partial charge in [0.1, 0.15) is 6.54 Å². The molecule has 0 bridgehead atoms. The number of aliphatic carboxylic acids is 1. The molecule has 3 atom stereocenters. The first kappa shape index (κ1) is 18.7. The van der Waals surface area contributed by atoms with E-state index in [0.29, 0.717) is 6.42 Å². The molecule has 0 heterocycles. The summed E-state index contributed by atoms with van der Waals surface area (Å²) in [7, 11) is 1.21. The topological polar surface area (TPSA) is 95.5 Å². The summed E-state index contributed by atoms with van der Waals surface area (Å²) in [6.07, 6.45) is 0.553. The second-order valence-corrected chi connectivity index (χ2v) is 5.35. The predicted molar refractivity (Wildman–Crippen MR) is 82.2 cm³/mol. The van der Waals surface area contributed by atoms with Crippen LogP contribution in [0.1, 0.15) is 31.7 Å². The Labute approximate surface area is 135 Å². The first-order chi connectivity index (χ1) is 10.9. The Morgan fingerprint density at radius 3 is 2.30 bits per heavy atom. The second kappa shape index (κ2) is 8.92. The highest BCUT2D eigenvalue weighted by molar-refractivity contribution is 5.87. The number of hydrogen-bond acceptors (Lipinski definition) is 5. The van der Waals surface area contributed by atoms with E-state index < -0.39 is 29.7 Å². The zero-order valence-corrected chi connectivity index (χ0v) is 13.6. The van der Waals surface area contributed by atoms with Gasteiger partial charge in [-0.2, -0.15) is 0 Å².